The monoisotopic (exact) mass is 476 g/mol. The number of amides is 1. The van der Waals surface area contributed by atoms with Crippen LogP contribution in [0.3, 0.4) is 0 Å². The summed E-state index contributed by atoms with van der Waals surface area (Å²) in [4.78, 5) is 17.0. The smallest absolute Gasteiger partial charge is 0.222 e. The number of nitrogens with zero attached hydrogens (tertiary/aromatic N) is 2. The van der Waals surface area contributed by atoms with Gasteiger partial charge in [-0.3, -0.25) is 9.69 Å². The lowest BCUT2D eigenvalue weighted by molar-refractivity contribution is -0.133. The molecule has 0 saturated carbocycles. The van der Waals surface area contributed by atoms with Crippen LogP contribution in [0, 0.1) is 0 Å². The Kier molecular flexibility index (Phi) is 7.99. The minimum Gasteiger partial charge on any atom is -0.496 e. The fourth-order valence-electron chi connectivity index (χ4n) is 3.67. The SMILES string of the molecule is COc1ccc(CCC(=O)N2CCN(Cc3ccc(OC)c(OC)c3)CC2)cc1Br. The molecule has 1 saturated heterocycles. The van der Waals surface area contributed by atoms with Crippen LogP contribution in [0.15, 0.2) is 40.9 Å². The molecule has 1 heterocycles. The van der Waals surface area contributed by atoms with E-state index in [1.54, 1.807) is 21.3 Å². The molecule has 0 atom stereocenters. The number of aryl methyl sites for hydroxylation is 1. The lowest BCUT2D eigenvalue weighted by Gasteiger charge is -2.35. The van der Waals surface area contributed by atoms with Crippen LogP contribution in [0.4, 0.5) is 0 Å². The van der Waals surface area contributed by atoms with E-state index in [1.807, 2.05) is 35.2 Å². The lowest BCUT2D eigenvalue weighted by Crippen LogP contribution is -2.48. The van der Waals surface area contributed by atoms with Gasteiger partial charge in [0, 0.05) is 39.1 Å². The number of piperazine rings is 1. The van der Waals surface area contributed by atoms with Crippen LogP contribution < -0.4 is 14.2 Å². The third-order valence-corrected chi connectivity index (χ3v) is 6.04. The number of hydrogen-bond donors (Lipinski definition) is 0. The van der Waals surface area contributed by atoms with Gasteiger partial charge in [-0.25, -0.2) is 0 Å². The average molecular weight is 477 g/mol. The van der Waals surface area contributed by atoms with Crippen molar-refractivity contribution in [1.82, 2.24) is 9.80 Å². The van der Waals surface area contributed by atoms with E-state index in [2.05, 4.69) is 26.9 Å². The molecule has 2 aromatic carbocycles. The Balaban J connectivity index is 1.47. The molecule has 1 fully saturated rings. The standard InChI is InChI=1S/C23H29BrN2O4/c1-28-20-7-4-17(14-19(20)24)6-9-23(27)26-12-10-25(11-13-26)16-18-5-8-21(29-2)22(15-18)30-3/h4-5,7-8,14-15H,6,9-13,16H2,1-3H3. The van der Waals surface area contributed by atoms with Crippen LogP contribution >= 0.6 is 15.9 Å². The van der Waals surface area contributed by atoms with Gasteiger partial charge in [0.1, 0.15) is 5.75 Å². The normalized spacial score (nSPS) is 14.5. The Morgan fingerprint density at radius 3 is 2.13 bits per heavy atom. The molecular formula is C23H29BrN2O4. The van der Waals surface area contributed by atoms with Crippen molar-refractivity contribution in [2.75, 3.05) is 47.5 Å². The summed E-state index contributed by atoms with van der Waals surface area (Å²) in [5, 5.41) is 0. The molecule has 0 radical (unpaired) electrons. The van der Waals surface area contributed by atoms with E-state index >= 15 is 0 Å². The summed E-state index contributed by atoms with van der Waals surface area (Å²) in [6, 6.07) is 12.0. The van der Waals surface area contributed by atoms with Crippen molar-refractivity contribution in [3.8, 4) is 17.2 Å². The van der Waals surface area contributed by atoms with Gasteiger partial charge in [-0.1, -0.05) is 12.1 Å². The van der Waals surface area contributed by atoms with Crippen molar-refractivity contribution in [3.63, 3.8) is 0 Å². The van der Waals surface area contributed by atoms with Crippen molar-refractivity contribution in [3.05, 3.63) is 52.0 Å². The minimum atomic E-state index is 0.215. The number of halogens is 1. The quantitative estimate of drug-likeness (QED) is 0.580. The van der Waals surface area contributed by atoms with Crippen LogP contribution in [0.25, 0.3) is 0 Å². The predicted octanol–water partition coefficient (Wildman–Crippen LogP) is 3.75. The van der Waals surface area contributed by atoms with E-state index < -0.39 is 0 Å². The molecule has 0 aliphatic carbocycles. The molecule has 0 aromatic heterocycles. The van der Waals surface area contributed by atoms with Crippen LogP contribution in [0.1, 0.15) is 17.5 Å². The molecule has 1 aliphatic rings. The highest BCUT2D eigenvalue weighted by Crippen LogP contribution is 2.28. The van der Waals surface area contributed by atoms with Gasteiger partial charge < -0.3 is 19.1 Å². The Morgan fingerprint density at radius 1 is 0.867 bits per heavy atom. The highest BCUT2D eigenvalue weighted by atomic mass is 79.9. The third kappa shape index (κ3) is 5.67. The van der Waals surface area contributed by atoms with Crippen molar-refractivity contribution >= 4 is 21.8 Å². The van der Waals surface area contributed by atoms with E-state index in [1.165, 1.54) is 5.56 Å². The molecule has 30 heavy (non-hydrogen) atoms. The maximum atomic E-state index is 12.6. The Bertz CT molecular complexity index is 866. The van der Waals surface area contributed by atoms with Gasteiger partial charge in [-0.15, -0.1) is 0 Å². The van der Waals surface area contributed by atoms with Gasteiger partial charge in [0.05, 0.1) is 25.8 Å². The van der Waals surface area contributed by atoms with E-state index in [-0.39, 0.29) is 5.91 Å². The fourth-order valence-corrected chi connectivity index (χ4v) is 4.26. The lowest BCUT2D eigenvalue weighted by atomic mass is 10.1. The average Bonchev–Trinajstić information content (AvgIpc) is 2.78. The van der Waals surface area contributed by atoms with Crippen LogP contribution in [-0.4, -0.2) is 63.2 Å². The minimum absolute atomic E-state index is 0.215. The first-order valence-corrected chi connectivity index (χ1v) is 10.9. The molecule has 2 aromatic rings. The third-order valence-electron chi connectivity index (χ3n) is 5.42. The van der Waals surface area contributed by atoms with Gasteiger partial charge in [-0.05, 0) is 57.7 Å². The molecule has 0 spiro atoms. The Labute approximate surface area is 186 Å². The fraction of sp³-hybridized carbons (Fsp3) is 0.435. The maximum absolute atomic E-state index is 12.6. The van der Waals surface area contributed by atoms with Gasteiger partial charge in [0.15, 0.2) is 11.5 Å². The predicted molar refractivity (Wildman–Crippen MR) is 120 cm³/mol. The molecule has 162 valence electrons. The number of hydrogen-bond acceptors (Lipinski definition) is 5. The molecule has 1 amide bonds. The number of carbonyl (C=O) groups excluding carboxylic acids is 1. The molecular weight excluding hydrogens is 448 g/mol. The first-order chi connectivity index (χ1) is 14.5. The Morgan fingerprint density at radius 2 is 1.50 bits per heavy atom. The summed E-state index contributed by atoms with van der Waals surface area (Å²) < 4.78 is 16.9. The zero-order valence-corrected chi connectivity index (χ0v) is 19.4. The number of carbonyl (C=O) groups is 1. The second kappa shape index (κ2) is 10.7. The second-order valence-electron chi connectivity index (χ2n) is 7.32. The second-order valence-corrected chi connectivity index (χ2v) is 8.17. The molecule has 7 heteroatoms. The summed E-state index contributed by atoms with van der Waals surface area (Å²) in [7, 11) is 4.94. The van der Waals surface area contributed by atoms with Crippen LogP contribution in [0.5, 0.6) is 17.2 Å². The van der Waals surface area contributed by atoms with E-state index in [4.69, 9.17) is 14.2 Å². The zero-order valence-electron chi connectivity index (χ0n) is 17.8. The van der Waals surface area contributed by atoms with Crippen molar-refractivity contribution < 1.29 is 19.0 Å². The van der Waals surface area contributed by atoms with Gasteiger partial charge in [-0.2, -0.15) is 0 Å². The van der Waals surface area contributed by atoms with Crippen LogP contribution in [-0.2, 0) is 17.8 Å². The topological polar surface area (TPSA) is 51.2 Å². The van der Waals surface area contributed by atoms with Crippen molar-refractivity contribution in [2.45, 2.75) is 19.4 Å². The molecule has 3 rings (SSSR count). The van der Waals surface area contributed by atoms with Crippen LogP contribution in [0.2, 0.25) is 0 Å². The Hall–Kier alpha value is -2.25. The highest BCUT2D eigenvalue weighted by Gasteiger charge is 2.21. The number of benzene rings is 2. The number of methoxy groups -OCH3 is 3. The van der Waals surface area contributed by atoms with Crippen molar-refractivity contribution in [2.24, 2.45) is 0 Å². The van der Waals surface area contributed by atoms with E-state index in [0.29, 0.717) is 6.42 Å². The molecule has 0 N–H and O–H groups in total. The highest BCUT2D eigenvalue weighted by molar-refractivity contribution is 9.10. The van der Waals surface area contributed by atoms with E-state index in [0.717, 1.165) is 66.4 Å². The summed E-state index contributed by atoms with van der Waals surface area (Å²) in [5.41, 5.74) is 2.31. The summed E-state index contributed by atoms with van der Waals surface area (Å²) in [5.74, 6) is 2.50. The van der Waals surface area contributed by atoms with Gasteiger partial charge >= 0.3 is 0 Å². The first-order valence-electron chi connectivity index (χ1n) is 10.1. The first kappa shape index (κ1) is 22.4. The molecule has 0 unspecified atom stereocenters. The zero-order chi connectivity index (χ0) is 21.5. The number of rotatable bonds is 8. The largest absolute Gasteiger partial charge is 0.496 e. The van der Waals surface area contributed by atoms with E-state index in [9.17, 15) is 4.79 Å². The number of ether oxygens (including phenoxy) is 3. The summed E-state index contributed by atoms with van der Waals surface area (Å²) >= 11 is 3.50. The molecule has 0 bridgehead atoms. The van der Waals surface area contributed by atoms with Gasteiger partial charge in [0.25, 0.3) is 0 Å². The molecule has 6 nitrogen and oxygen atoms in total. The summed E-state index contributed by atoms with van der Waals surface area (Å²) in [6.07, 6.45) is 1.25. The van der Waals surface area contributed by atoms with Crippen molar-refractivity contribution in [1.29, 1.82) is 0 Å². The molecule has 1 aliphatic heterocycles. The maximum Gasteiger partial charge on any atom is 0.222 e. The summed E-state index contributed by atoms with van der Waals surface area (Å²) in [6.45, 7) is 4.10. The van der Waals surface area contributed by atoms with Gasteiger partial charge in [0.2, 0.25) is 5.91 Å².